The van der Waals surface area contributed by atoms with Gasteiger partial charge in [-0.2, -0.15) is 0 Å². The van der Waals surface area contributed by atoms with Crippen LogP contribution in [0.2, 0.25) is 0 Å². The summed E-state index contributed by atoms with van der Waals surface area (Å²) in [6.07, 6.45) is 1.49. The van der Waals surface area contributed by atoms with Crippen LogP contribution in [0.3, 0.4) is 0 Å². The number of morpholine rings is 1. The molecule has 3 rings (SSSR count). The van der Waals surface area contributed by atoms with Crippen LogP contribution in [0, 0.1) is 0 Å². The van der Waals surface area contributed by atoms with Crippen molar-refractivity contribution in [3.8, 4) is 0 Å². The average molecular weight is 339 g/mol. The molecule has 2 aliphatic heterocycles. The molecule has 2 aliphatic rings. The molecular formula is C15H21N3O6. The molecule has 0 amide bonds. The minimum Gasteiger partial charge on any atom is -0.477 e. The molecule has 0 unspecified atom stereocenters. The third-order valence-corrected chi connectivity index (χ3v) is 4.39. The van der Waals surface area contributed by atoms with Crippen molar-refractivity contribution in [2.45, 2.75) is 32.0 Å². The second-order valence-electron chi connectivity index (χ2n) is 6.03. The zero-order valence-corrected chi connectivity index (χ0v) is 13.3. The van der Waals surface area contributed by atoms with E-state index in [0.717, 1.165) is 17.4 Å². The number of H-pyrrole nitrogens is 1. The number of hydrogen-bond donors (Lipinski definition) is 2. The number of carboxylic acids is 1. The standard InChI is InChI=1S/C15H21N3O6/c19-13-11(9-17-3-6-23-7-4-17)12(14(20)21)16-15(22)18(13)8-10-2-1-5-24-10/h10H,1-9H2,(H,16,22)(H,20,21)/t10-/m0/s1. The van der Waals surface area contributed by atoms with Crippen LogP contribution in [0.1, 0.15) is 28.9 Å². The lowest BCUT2D eigenvalue weighted by Gasteiger charge is -2.26. The molecule has 0 aliphatic carbocycles. The Morgan fingerprint density at radius 3 is 2.62 bits per heavy atom. The van der Waals surface area contributed by atoms with Crippen LogP contribution in [-0.2, 0) is 22.6 Å². The second-order valence-corrected chi connectivity index (χ2v) is 6.03. The summed E-state index contributed by atoms with van der Waals surface area (Å²) in [5.74, 6) is -1.31. The first-order valence-corrected chi connectivity index (χ1v) is 8.07. The fourth-order valence-corrected chi connectivity index (χ4v) is 3.08. The van der Waals surface area contributed by atoms with Crippen LogP contribution < -0.4 is 11.2 Å². The van der Waals surface area contributed by atoms with Gasteiger partial charge in [-0.3, -0.25) is 14.3 Å². The summed E-state index contributed by atoms with van der Waals surface area (Å²) in [5, 5.41) is 9.33. The highest BCUT2D eigenvalue weighted by Crippen LogP contribution is 2.13. The first-order chi connectivity index (χ1) is 11.6. The maximum Gasteiger partial charge on any atom is 0.352 e. The number of aromatic amines is 1. The second kappa shape index (κ2) is 7.29. The molecule has 0 saturated carbocycles. The van der Waals surface area contributed by atoms with E-state index < -0.39 is 17.2 Å². The van der Waals surface area contributed by atoms with Gasteiger partial charge in [-0.15, -0.1) is 0 Å². The first-order valence-electron chi connectivity index (χ1n) is 8.07. The van der Waals surface area contributed by atoms with Crippen molar-refractivity contribution >= 4 is 5.97 Å². The molecule has 2 fully saturated rings. The molecule has 0 aromatic carbocycles. The Hall–Kier alpha value is -1.97. The molecule has 0 spiro atoms. The minimum absolute atomic E-state index is 0.0991. The number of aromatic nitrogens is 2. The zero-order chi connectivity index (χ0) is 17.1. The third kappa shape index (κ3) is 3.58. The van der Waals surface area contributed by atoms with E-state index in [9.17, 15) is 19.5 Å². The van der Waals surface area contributed by atoms with Crippen LogP contribution in [0.5, 0.6) is 0 Å². The normalized spacial score (nSPS) is 21.9. The number of carboxylic acid groups (broad SMARTS) is 1. The lowest BCUT2D eigenvalue weighted by Crippen LogP contribution is -2.44. The van der Waals surface area contributed by atoms with E-state index in [2.05, 4.69) is 4.98 Å². The predicted octanol–water partition coefficient (Wildman–Crippen LogP) is -0.754. The maximum atomic E-state index is 12.7. The Bertz CT molecular complexity index is 713. The smallest absolute Gasteiger partial charge is 0.352 e. The van der Waals surface area contributed by atoms with Gasteiger partial charge in [0.15, 0.2) is 0 Å². The summed E-state index contributed by atoms with van der Waals surface area (Å²) in [4.78, 5) is 40.6. The minimum atomic E-state index is -1.31. The van der Waals surface area contributed by atoms with Gasteiger partial charge >= 0.3 is 11.7 Å². The topological polar surface area (TPSA) is 114 Å². The molecule has 2 N–H and O–H groups in total. The van der Waals surface area contributed by atoms with E-state index in [1.165, 1.54) is 0 Å². The lowest BCUT2D eigenvalue weighted by molar-refractivity contribution is 0.0335. The van der Waals surface area contributed by atoms with Crippen LogP contribution in [0.15, 0.2) is 9.59 Å². The molecule has 2 saturated heterocycles. The summed E-state index contributed by atoms with van der Waals surface area (Å²) in [5.41, 5.74) is -1.50. The van der Waals surface area contributed by atoms with Crippen molar-refractivity contribution in [1.29, 1.82) is 0 Å². The average Bonchev–Trinajstić information content (AvgIpc) is 3.08. The number of ether oxygens (including phenoxy) is 2. The highest BCUT2D eigenvalue weighted by Gasteiger charge is 2.24. The number of aromatic carboxylic acids is 1. The Kier molecular flexibility index (Phi) is 5.12. The molecular weight excluding hydrogens is 318 g/mol. The largest absolute Gasteiger partial charge is 0.477 e. The Morgan fingerprint density at radius 2 is 2.00 bits per heavy atom. The van der Waals surface area contributed by atoms with Crippen LogP contribution in [-0.4, -0.2) is 64.5 Å². The van der Waals surface area contributed by atoms with Crippen LogP contribution in [0.4, 0.5) is 0 Å². The van der Waals surface area contributed by atoms with Crippen molar-refractivity contribution in [1.82, 2.24) is 14.5 Å². The number of hydrogen-bond acceptors (Lipinski definition) is 6. The fraction of sp³-hybridized carbons (Fsp3) is 0.667. The van der Waals surface area contributed by atoms with Gasteiger partial charge in [0.1, 0.15) is 5.69 Å². The molecule has 0 radical (unpaired) electrons. The van der Waals surface area contributed by atoms with Crippen molar-refractivity contribution in [3.63, 3.8) is 0 Å². The summed E-state index contributed by atoms with van der Waals surface area (Å²) in [6, 6.07) is 0. The molecule has 3 heterocycles. The highest BCUT2D eigenvalue weighted by atomic mass is 16.5. The lowest BCUT2D eigenvalue weighted by atomic mass is 10.2. The van der Waals surface area contributed by atoms with Gasteiger partial charge in [0.25, 0.3) is 5.56 Å². The van der Waals surface area contributed by atoms with E-state index in [1.807, 2.05) is 4.90 Å². The van der Waals surface area contributed by atoms with E-state index in [4.69, 9.17) is 9.47 Å². The highest BCUT2D eigenvalue weighted by molar-refractivity contribution is 5.86. The Morgan fingerprint density at radius 1 is 1.25 bits per heavy atom. The maximum absolute atomic E-state index is 12.7. The Balaban J connectivity index is 1.95. The van der Waals surface area contributed by atoms with Crippen molar-refractivity contribution < 1.29 is 19.4 Å². The van der Waals surface area contributed by atoms with Gasteiger partial charge in [-0.05, 0) is 12.8 Å². The number of rotatable bonds is 5. The Labute approximate surface area is 137 Å². The summed E-state index contributed by atoms with van der Waals surface area (Å²) in [6.45, 7) is 3.24. The molecule has 1 atom stereocenters. The first kappa shape index (κ1) is 16.9. The van der Waals surface area contributed by atoms with E-state index in [-0.39, 0.29) is 30.5 Å². The zero-order valence-electron chi connectivity index (χ0n) is 13.3. The SMILES string of the molecule is O=C(O)c1[nH]c(=O)n(C[C@@H]2CCCO2)c(=O)c1CN1CCOCC1. The number of carbonyl (C=O) groups is 1. The summed E-state index contributed by atoms with van der Waals surface area (Å²) >= 11 is 0. The van der Waals surface area contributed by atoms with Gasteiger partial charge in [-0.1, -0.05) is 0 Å². The number of nitrogens with zero attached hydrogens (tertiary/aromatic N) is 2. The quantitative estimate of drug-likeness (QED) is 0.725. The number of nitrogens with one attached hydrogen (secondary N) is 1. The molecule has 132 valence electrons. The van der Waals surface area contributed by atoms with Gasteiger partial charge in [-0.25, -0.2) is 9.59 Å². The molecule has 1 aromatic heterocycles. The third-order valence-electron chi connectivity index (χ3n) is 4.39. The van der Waals surface area contributed by atoms with E-state index in [1.54, 1.807) is 0 Å². The summed E-state index contributed by atoms with van der Waals surface area (Å²) < 4.78 is 11.8. The summed E-state index contributed by atoms with van der Waals surface area (Å²) in [7, 11) is 0. The molecule has 1 aromatic rings. The molecule has 9 heteroatoms. The molecule has 9 nitrogen and oxygen atoms in total. The van der Waals surface area contributed by atoms with E-state index >= 15 is 0 Å². The predicted molar refractivity (Wildman–Crippen MR) is 83.4 cm³/mol. The van der Waals surface area contributed by atoms with E-state index in [0.29, 0.717) is 32.9 Å². The van der Waals surface area contributed by atoms with Gasteiger partial charge in [0.2, 0.25) is 0 Å². The molecule has 24 heavy (non-hydrogen) atoms. The van der Waals surface area contributed by atoms with Crippen LogP contribution in [0.25, 0.3) is 0 Å². The van der Waals surface area contributed by atoms with Gasteiger partial charge in [0, 0.05) is 26.2 Å². The van der Waals surface area contributed by atoms with Gasteiger partial charge in [0.05, 0.1) is 31.4 Å². The molecule has 0 bridgehead atoms. The van der Waals surface area contributed by atoms with Crippen LogP contribution >= 0.6 is 0 Å². The van der Waals surface area contributed by atoms with Crippen molar-refractivity contribution in [2.24, 2.45) is 0 Å². The van der Waals surface area contributed by atoms with Crippen molar-refractivity contribution in [2.75, 3.05) is 32.9 Å². The van der Waals surface area contributed by atoms with Crippen molar-refractivity contribution in [3.05, 3.63) is 32.1 Å². The fourth-order valence-electron chi connectivity index (χ4n) is 3.08. The van der Waals surface area contributed by atoms with Gasteiger partial charge < -0.3 is 19.6 Å². The monoisotopic (exact) mass is 339 g/mol.